The number of hydrogen-bond acceptors (Lipinski definition) is 5. The molecule has 1 aromatic heterocycles. The molecule has 180 valence electrons. The lowest BCUT2D eigenvalue weighted by atomic mass is 10.0. The molecule has 3 rings (SSSR count). The molecule has 34 heavy (non-hydrogen) atoms. The van der Waals surface area contributed by atoms with E-state index in [1.807, 2.05) is 0 Å². The molecule has 1 atom stereocenters. The number of aryl methyl sites for hydroxylation is 1. The zero-order chi connectivity index (χ0) is 25.2. The van der Waals surface area contributed by atoms with Crippen molar-refractivity contribution in [3.63, 3.8) is 0 Å². The number of carbonyl (C=O) groups excluding carboxylic acids is 1. The molecule has 3 aromatic rings. The molecule has 0 fully saturated rings. The van der Waals surface area contributed by atoms with Gasteiger partial charge in [0.05, 0.1) is 33.2 Å². The molecule has 0 spiro atoms. The maximum atomic E-state index is 13.6. The lowest BCUT2D eigenvalue weighted by Crippen LogP contribution is -2.20. The summed E-state index contributed by atoms with van der Waals surface area (Å²) in [6.07, 6.45) is -4.82. The van der Waals surface area contributed by atoms with Crippen LogP contribution in [0, 0.1) is 19.8 Å². The average Bonchev–Trinajstić information content (AvgIpc) is 2.76. The van der Waals surface area contributed by atoms with Crippen LogP contribution in [0.3, 0.4) is 0 Å². The van der Waals surface area contributed by atoms with Crippen LogP contribution < -0.4 is 14.8 Å². The summed E-state index contributed by atoms with van der Waals surface area (Å²) < 4.78 is 74.2. The van der Waals surface area contributed by atoms with Gasteiger partial charge in [0.1, 0.15) is 11.5 Å². The zero-order valence-electron chi connectivity index (χ0n) is 18.0. The summed E-state index contributed by atoms with van der Waals surface area (Å²) in [5.41, 5.74) is -1.33. The summed E-state index contributed by atoms with van der Waals surface area (Å²) in [5.74, 6) is -2.11. The summed E-state index contributed by atoms with van der Waals surface area (Å²) >= 11 is 4.45. The Morgan fingerprint density at radius 1 is 1.15 bits per heavy atom. The van der Waals surface area contributed by atoms with E-state index in [1.54, 1.807) is 12.1 Å². The van der Waals surface area contributed by atoms with Gasteiger partial charge in [-0.05, 0) is 49.7 Å². The predicted octanol–water partition coefficient (Wildman–Crippen LogP) is 5.80. The van der Waals surface area contributed by atoms with Gasteiger partial charge in [-0.3, -0.25) is 4.79 Å². The molecule has 2 N–H and O–H groups in total. The molecule has 0 saturated heterocycles. The number of ether oxygens (including phenoxy) is 1. The molecule has 0 saturated carbocycles. The molecule has 1 amide bonds. The normalized spacial score (nSPS) is 12.4. The Morgan fingerprint density at radius 3 is 2.47 bits per heavy atom. The van der Waals surface area contributed by atoms with Crippen LogP contribution in [0.1, 0.15) is 27.2 Å². The second kappa shape index (κ2) is 10.2. The molecule has 12 heteroatoms. The van der Waals surface area contributed by atoms with Crippen molar-refractivity contribution in [3.05, 3.63) is 75.8 Å². The van der Waals surface area contributed by atoms with Crippen molar-refractivity contribution in [2.24, 2.45) is 0 Å². The summed E-state index contributed by atoms with van der Waals surface area (Å²) in [7, 11) is 1.49. The molecule has 0 unspecified atom stereocenters. The first-order chi connectivity index (χ1) is 15.9. The van der Waals surface area contributed by atoms with Gasteiger partial charge in [0.2, 0.25) is 5.95 Å². The highest BCUT2D eigenvalue weighted by Crippen LogP contribution is 2.42. The van der Waals surface area contributed by atoms with Gasteiger partial charge in [-0.2, -0.15) is 17.6 Å². The Labute approximate surface area is 200 Å². The Bertz CT molecular complexity index is 1240. The first-order valence-corrected chi connectivity index (χ1v) is 11.2. The minimum absolute atomic E-state index is 0.0447. The van der Waals surface area contributed by atoms with E-state index in [0.29, 0.717) is 11.0 Å². The lowest BCUT2D eigenvalue weighted by Gasteiger charge is -2.19. The van der Waals surface area contributed by atoms with E-state index in [2.05, 4.69) is 15.0 Å². The molecular weight excluding hydrogens is 498 g/mol. The molecular formula is C22H18ClF4N3O3S. The van der Waals surface area contributed by atoms with Crippen LogP contribution >= 0.6 is 11.6 Å². The maximum absolute atomic E-state index is 13.6. The number of halogens is 5. The SMILES string of the molecule is CN[S@+]([O-])c1cccc(NC(=O)c2c(Oc3ccc(F)nc3C)cc(C(F)(F)F)c(Cl)c2C)c1. The van der Waals surface area contributed by atoms with Gasteiger partial charge in [-0.1, -0.05) is 17.7 Å². The second-order valence-electron chi connectivity index (χ2n) is 7.01. The number of carbonyl (C=O) groups is 1. The van der Waals surface area contributed by atoms with Gasteiger partial charge in [0, 0.05) is 18.8 Å². The highest BCUT2D eigenvalue weighted by atomic mass is 35.5. The first kappa shape index (κ1) is 25.8. The maximum Gasteiger partial charge on any atom is 0.417 e. The highest BCUT2D eigenvalue weighted by Gasteiger charge is 2.37. The van der Waals surface area contributed by atoms with Crippen molar-refractivity contribution in [1.29, 1.82) is 0 Å². The van der Waals surface area contributed by atoms with Gasteiger partial charge >= 0.3 is 6.18 Å². The number of aromatic nitrogens is 1. The number of alkyl halides is 3. The fourth-order valence-electron chi connectivity index (χ4n) is 3.08. The predicted molar refractivity (Wildman–Crippen MR) is 120 cm³/mol. The summed E-state index contributed by atoms with van der Waals surface area (Å²) in [4.78, 5) is 17.1. The fourth-order valence-corrected chi connectivity index (χ4v) is 4.00. The average molecular weight is 516 g/mol. The van der Waals surface area contributed by atoms with E-state index in [9.17, 15) is 26.9 Å². The fraction of sp³-hybridized carbons (Fsp3) is 0.182. The molecule has 1 heterocycles. The Morgan fingerprint density at radius 2 is 1.85 bits per heavy atom. The number of pyridine rings is 1. The van der Waals surface area contributed by atoms with Crippen molar-refractivity contribution < 1.29 is 31.6 Å². The quantitative estimate of drug-likeness (QED) is 0.246. The lowest BCUT2D eigenvalue weighted by molar-refractivity contribution is -0.137. The zero-order valence-corrected chi connectivity index (χ0v) is 19.6. The molecule has 0 aliphatic rings. The van der Waals surface area contributed by atoms with Crippen molar-refractivity contribution >= 4 is 34.6 Å². The summed E-state index contributed by atoms with van der Waals surface area (Å²) in [5, 5.41) is 1.89. The number of nitrogens with zero attached hydrogens (tertiary/aromatic N) is 1. The molecule has 0 aliphatic heterocycles. The van der Waals surface area contributed by atoms with Crippen LogP contribution in [-0.2, 0) is 17.5 Å². The number of benzene rings is 2. The smallest absolute Gasteiger partial charge is 0.417 e. The Hall–Kier alpha value is -2.86. The number of nitrogens with one attached hydrogen (secondary N) is 2. The van der Waals surface area contributed by atoms with Crippen molar-refractivity contribution in [2.75, 3.05) is 12.4 Å². The minimum atomic E-state index is -4.82. The molecule has 0 bridgehead atoms. The van der Waals surface area contributed by atoms with Gasteiger partial charge in [0.15, 0.2) is 4.90 Å². The van der Waals surface area contributed by atoms with Gasteiger partial charge in [-0.25, -0.2) is 4.98 Å². The third-order valence-corrected chi connectivity index (χ3v) is 6.25. The Kier molecular flexibility index (Phi) is 7.71. The number of hydrogen-bond donors (Lipinski definition) is 2. The van der Waals surface area contributed by atoms with E-state index >= 15 is 0 Å². The molecule has 6 nitrogen and oxygen atoms in total. The van der Waals surface area contributed by atoms with Gasteiger partial charge in [0.25, 0.3) is 5.91 Å². The van der Waals surface area contributed by atoms with E-state index in [-0.39, 0.29) is 28.3 Å². The monoisotopic (exact) mass is 515 g/mol. The first-order valence-electron chi connectivity index (χ1n) is 9.64. The van der Waals surface area contributed by atoms with Crippen LogP contribution in [-0.4, -0.2) is 22.5 Å². The van der Waals surface area contributed by atoms with Crippen molar-refractivity contribution in [2.45, 2.75) is 24.9 Å². The topological polar surface area (TPSA) is 86.3 Å². The molecule has 2 aromatic carbocycles. The number of amides is 1. The van der Waals surface area contributed by atoms with Crippen LogP contribution in [0.4, 0.5) is 23.2 Å². The summed E-state index contributed by atoms with van der Waals surface area (Å²) in [6.45, 7) is 2.65. The third-order valence-electron chi connectivity index (χ3n) is 4.71. The van der Waals surface area contributed by atoms with Crippen LogP contribution in [0.2, 0.25) is 5.02 Å². The third kappa shape index (κ3) is 5.61. The number of rotatable bonds is 6. The van der Waals surface area contributed by atoms with Gasteiger partial charge < -0.3 is 14.6 Å². The second-order valence-corrected chi connectivity index (χ2v) is 8.80. The highest BCUT2D eigenvalue weighted by molar-refractivity contribution is 7.89. The van der Waals surface area contributed by atoms with Crippen LogP contribution in [0.5, 0.6) is 11.5 Å². The van der Waals surface area contributed by atoms with E-state index in [0.717, 1.165) is 6.07 Å². The van der Waals surface area contributed by atoms with E-state index in [4.69, 9.17) is 16.3 Å². The van der Waals surface area contributed by atoms with E-state index < -0.39 is 45.7 Å². The van der Waals surface area contributed by atoms with Crippen molar-refractivity contribution in [1.82, 2.24) is 9.71 Å². The summed E-state index contributed by atoms with van der Waals surface area (Å²) in [6, 6.07) is 8.86. The number of anilines is 1. The van der Waals surface area contributed by atoms with Crippen LogP contribution in [0.25, 0.3) is 0 Å². The largest absolute Gasteiger partial charge is 0.593 e. The molecule has 0 radical (unpaired) electrons. The van der Waals surface area contributed by atoms with E-state index in [1.165, 1.54) is 39.1 Å². The van der Waals surface area contributed by atoms with Crippen LogP contribution in [0.15, 0.2) is 47.4 Å². The van der Waals surface area contributed by atoms with Gasteiger partial charge in [-0.15, -0.1) is 4.72 Å². The Balaban J connectivity index is 2.09. The minimum Gasteiger partial charge on any atom is -0.593 e. The standard InChI is InChI=1S/C22H18ClF4N3O3S/c1-11-19(21(31)30-13-5-4-6-14(9-13)34(32)28-3)17(10-15(20(11)23)22(25,26)27)33-16-7-8-18(24)29-12(16)2/h4-10,28H,1-3H3,(H,30,31)/t34-/m1/s1. The van der Waals surface area contributed by atoms with Crippen molar-refractivity contribution in [3.8, 4) is 11.5 Å². The molecule has 0 aliphatic carbocycles.